The van der Waals surface area contributed by atoms with Crippen LogP contribution in [0.1, 0.15) is 0 Å². The Balaban J connectivity index is 1.63. The van der Waals surface area contributed by atoms with Crippen molar-refractivity contribution in [3.8, 4) is 17.0 Å². The molecule has 3 aromatic carbocycles. The molecule has 5 nitrogen and oxygen atoms in total. The topological polar surface area (TPSA) is 64.4 Å². The summed E-state index contributed by atoms with van der Waals surface area (Å²) in [6.07, 6.45) is -1.03. The molecule has 0 radical (unpaired) electrons. The van der Waals surface area contributed by atoms with Gasteiger partial charge in [0, 0.05) is 16.0 Å². The van der Waals surface area contributed by atoms with Crippen LogP contribution in [0.5, 0.6) is 5.75 Å². The van der Waals surface area contributed by atoms with E-state index in [4.69, 9.17) is 27.9 Å². The van der Waals surface area contributed by atoms with Gasteiger partial charge < -0.3 is 9.84 Å². The summed E-state index contributed by atoms with van der Waals surface area (Å²) in [7, 11) is 0. The first kappa shape index (κ1) is 21.3. The Hall–Kier alpha value is -2.93. The zero-order chi connectivity index (χ0) is 22.0. The summed E-state index contributed by atoms with van der Waals surface area (Å²) in [4.78, 5) is 12.9. The molecule has 1 N–H and O–H groups in total. The minimum Gasteiger partial charge on any atom is -0.489 e. The Bertz CT molecular complexity index is 1290. The number of aromatic nitrogens is 2. The molecule has 0 spiro atoms. The van der Waals surface area contributed by atoms with Crippen LogP contribution >= 0.6 is 23.2 Å². The van der Waals surface area contributed by atoms with Crippen molar-refractivity contribution in [2.24, 2.45) is 0 Å². The lowest BCUT2D eigenvalue weighted by atomic mass is 10.1. The lowest BCUT2D eigenvalue weighted by molar-refractivity contribution is 0.0883. The number of rotatable bonds is 6. The maximum Gasteiger partial charge on any atom is 0.274 e. The Morgan fingerprint density at radius 1 is 1.03 bits per heavy atom. The van der Waals surface area contributed by atoms with Crippen molar-refractivity contribution in [3.63, 3.8) is 0 Å². The second-order valence-electron chi connectivity index (χ2n) is 6.93. The lowest BCUT2D eigenvalue weighted by Crippen LogP contribution is -2.32. The molecule has 0 saturated carbocycles. The van der Waals surface area contributed by atoms with Crippen LogP contribution in [0.2, 0.25) is 10.0 Å². The van der Waals surface area contributed by atoms with Gasteiger partial charge in [0.05, 0.1) is 22.6 Å². The highest BCUT2D eigenvalue weighted by Crippen LogP contribution is 2.28. The van der Waals surface area contributed by atoms with Gasteiger partial charge in [0.2, 0.25) is 0 Å². The molecule has 158 valence electrons. The molecule has 31 heavy (non-hydrogen) atoms. The second kappa shape index (κ2) is 9.06. The summed E-state index contributed by atoms with van der Waals surface area (Å²) in [6.45, 7) is -0.197. The fraction of sp³-hybridized carbons (Fsp3) is 0.130. The van der Waals surface area contributed by atoms with Crippen LogP contribution in [0, 0.1) is 5.82 Å². The van der Waals surface area contributed by atoms with E-state index in [-0.39, 0.29) is 24.5 Å². The van der Waals surface area contributed by atoms with Crippen LogP contribution < -0.4 is 10.3 Å². The Labute approximate surface area is 187 Å². The van der Waals surface area contributed by atoms with E-state index in [1.54, 1.807) is 48.5 Å². The van der Waals surface area contributed by atoms with Crippen molar-refractivity contribution >= 4 is 34.0 Å². The molecular weight excluding hydrogens is 442 g/mol. The molecule has 1 aromatic heterocycles. The zero-order valence-corrected chi connectivity index (χ0v) is 17.6. The van der Waals surface area contributed by atoms with Gasteiger partial charge in [-0.1, -0.05) is 41.4 Å². The zero-order valence-electron chi connectivity index (χ0n) is 16.1. The van der Waals surface area contributed by atoms with E-state index >= 15 is 0 Å². The maximum atomic E-state index is 13.4. The van der Waals surface area contributed by atoms with Gasteiger partial charge in [-0.05, 0) is 48.5 Å². The van der Waals surface area contributed by atoms with E-state index in [0.717, 1.165) is 0 Å². The number of halogens is 3. The van der Waals surface area contributed by atoms with Gasteiger partial charge in [-0.3, -0.25) is 4.79 Å². The van der Waals surface area contributed by atoms with Crippen molar-refractivity contribution in [1.29, 1.82) is 0 Å². The monoisotopic (exact) mass is 458 g/mol. The SMILES string of the molecule is O=c1c2ccccc2c(-c2ccc(F)cc2)nn1CC(O)COc1ccc(Cl)cc1Cl. The number of aliphatic hydroxyl groups excluding tert-OH is 1. The molecule has 1 unspecified atom stereocenters. The van der Waals surface area contributed by atoms with Gasteiger partial charge in [0.15, 0.2) is 0 Å². The molecule has 0 aliphatic rings. The summed E-state index contributed by atoms with van der Waals surface area (Å²) in [5.74, 6) is 0.00532. The van der Waals surface area contributed by atoms with Crippen molar-refractivity contribution in [3.05, 3.63) is 92.9 Å². The third kappa shape index (κ3) is 4.71. The average Bonchev–Trinajstić information content (AvgIpc) is 2.76. The van der Waals surface area contributed by atoms with Crippen molar-refractivity contribution in [2.45, 2.75) is 12.6 Å². The minimum atomic E-state index is -1.03. The fourth-order valence-corrected chi connectivity index (χ4v) is 3.67. The van der Waals surface area contributed by atoms with Crippen molar-refractivity contribution in [2.75, 3.05) is 6.61 Å². The smallest absolute Gasteiger partial charge is 0.274 e. The van der Waals surface area contributed by atoms with Gasteiger partial charge >= 0.3 is 0 Å². The third-order valence-electron chi connectivity index (χ3n) is 4.69. The molecule has 8 heteroatoms. The van der Waals surface area contributed by atoms with Crippen LogP contribution in [0.25, 0.3) is 22.0 Å². The highest BCUT2D eigenvalue weighted by atomic mass is 35.5. The average molecular weight is 459 g/mol. The summed E-state index contributed by atoms with van der Waals surface area (Å²) >= 11 is 11.9. The quantitative estimate of drug-likeness (QED) is 0.443. The molecule has 0 bridgehead atoms. The van der Waals surface area contributed by atoms with Crippen LogP contribution in [-0.2, 0) is 6.54 Å². The first-order valence-electron chi connectivity index (χ1n) is 9.44. The first-order chi connectivity index (χ1) is 14.9. The molecule has 0 aliphatic carbocycles. The van der Waals surface area contributed by atoms with E-state index in [0.29, 0.717) is 37.8 Å². The van der Waals surface area contributed by atoms with Crippen LogP contribution in [0.4, 0.5) is 4.39 Å². The van der Waals surface area contributed by atoms with Crippen LogP contribution in [-0.4, -0.2) is 27.6 Å². The summed E-state index contributed by atoms with van der Waals surface area (Å²) < 4.78 is 20.1. The van der Waals surface area contributed by atoms with Gasteiger partial charge in [-0.15, -0.1) is 0 Å². The molecule has 1 atom stereocenters. The molecular formula is C23H17Cl2FN2O3. The number of fused-ring (bicyclic) bond motifs is 1. The van der Waals surface area contributed by atoms with Gasteiger partial charge in [-0.25, -0.2) is 9.07 Å². The minimum absolute atomic E-state index is 0.0942. The van der Waals surface area contributed by atoms with Crippen LogP contribution in [0.3, 0.4) is 0 Å². The normalized spacial score (nSPS) is 12.1. The van der Waals surface area contributed by atoms with E-state index in [1.165, 1.54) is 22.9 Å². The van der Waals surface area contributed by atoms with Gasteiger partial charge in [0.25, 0.3) is 5.56 Å². The number of ether oxygens (including phenoxy) is 1. The molecule has 0 aliphatic heterocycles. The Kier molecular flexibility index (Phi) is 6.23. The summed E-state index contributed by atoms with van der Waals surface area (Å²) in [6, 6.07) is 17.7. The predicted molar refractivity (Wildman–Crippen MR) is 119 cm³/mol. The highest BCUT2D eigenvalue weighted by Gasteiger charge is 2.16. The molecule has 0 saturated heterocycles. The molecule has 0 amide bonds. The first-order valence-corrected chi connectivity index (χ1v) is 10.2. The molecule has 1 heterocycles. The highest BCUT2D eigenvalue weighted by molar-refractivity contribution is 6.35. The van der Waals surface area contributed by atoms with Crippen molar-refractivity contribution < 1.29 is 14.2 Å². The number of aliphatic hydroxyl groups is 1. The second-order valence-corrected chi connectivity index (χ2v) is 7.77. The van der Waals surface area contributed by atoms with Crippen LogP contribution in [0.15, 0.2) is 71.5 Å². The van der Waals surface area contributed by atoms with E-state index in [1.807, 2.05) is 0 Å². The van der Waals surface area contributed by atoms with Gasteiger partial charge in [-0.2, -0.15) is 5.10 Å². The largest absolute Gasteiger partial charge is 0.489 e. The number of hydrogen-bond acceptors (Lipinski definition) is 4. The molecule has 4 rings (SSSR count). The van der Waals surface area contributed by atoms with E-state index in [9.17, 15) is 14.3 Å². The molecule has 4 aromatic rings. The Morgan fingerprint density at radius 3 is 2.45 bits per heavy atom. The van der Waals surface area contributed by atoms with E-state index < -0.39 is 6.10 Å². The maximum absolute atomic E-state index is 13.4. The summed E-state index contributed by atoms with van der Waals surface area (Å²) in [5, 5.41) is 16.8. The van der Waals surface area contributed by atoms with Crippen molar-refractivity contribution in [1.82, 2.24) is 9.78 Å². The van der Waals surface area contributed by atoms with E-state index in [2.05, 4.69) is 5.10 Å². The van der Waals surface area contributed by atoms with Gasteiger partial charge in [0.1, 0.15) is 24.3 Å². The Morgan fingerprint density at radius 2 is 1.74 bits per heavy atom. The number of hydrogen-bond donors (Lipinski definition) is 1. The molecule has 0 fully saturated rings. The summed E-state index contributed by atoms with van der Waals surface area (Å²) in [5.41, 5.74) is 0.833. The fourth-order valence-electron chi connectivity index (χ4n) is 3.21. The number of nitrogens with zero attached hydrogens (tertiary/aromatic N) is 2. The lowest BCUT2D eigenvalue weighted by Gasteiger charge is -2.16. The standard InChI is InChI=1S/C23H17Cl2FN2O3/c24-15-7-10-21(20(25)11-15)31-13-17(29)12-28-23(30)19-4-2-1-3-18(19)22(27-28)14-5-8-16(26)9-6-14/h1-11,17,29H,12-13H2. The predicted octanol–water partition coefficient (Wildman–Crippen LogP) is 4.95. The number of benzene rings is 3. The third-order valence-corrected chi connectivity index (χ3v) is 5.22.